The largest absolute Gasteiger partial charge is 0.415 e. The number of rotatable bonds is 6. The minimum atomic E-state index is -2.92. The number of benzene rings is 2. The summed E-state index contributed by atoms with van der Waals surface area (Å²) < 4.78 is 45.3. The topological polar surface area (TPSA) is 79.5 Å². The Morgan fingerprint density at radius 3 is 2.41 bits per heavy atom. The zero-order chi connectivity index (χ0) is 24.2. The molecule has 0 radical (unpaired) electrons. The van der Waals surface area contributed by atoms with Gasteiger partial charge in [-0.25, -0.2) is 4.39 Å². The smallest absolute Gasteiger partial charge is 0.314 e. The van der Waals surface area contributed by atoms with Gasteiger partial charge in [0.25, 0.3) is 5.89 Å². The Hall–Kier alpha value is -3.69. The summed E-state index contributed by atoms with van der Waals surface area (Å²) in [5.41, 5.74) is 1.04. The number of anilines is 1. The van der Waals surface area contributed by atoms with Gasteiger partial charge in [0.1, 0.15) is 5.82 Å². The summed E-state index contributed by atoms with van der Waals surface area (Å²) in [6.07, 6.45) is -1.85. The van der Waals surface area contributed by atoms with E-state index in [9.17, 15) is 18.4 Å². The van der Waals surface area contributed by atoms with Crippen LogP contribution in [0.2, 0.25) is 0 Å². The molecule has 0 saturated carbocycles. The molecule has 1 aliphatic heterocycles. The molecule has 2 aromatic carbocycles. The first-order valence-corrected chi connectivity index (χ1v) is 10.9. The highest BCUT2D eigenvalue weighted by Crippen LogP contribution is 2.28. The van der Waals surface area contributed by atoms with E-state index in [0.29, 0.717) is 31.6 Å². The lowest BCUT2D eigenvalue weighted by molar-refractivity contribution is -0.133. The van der Waals surface area contributed by atoms with Gasteiger partial charge >= 0.3 is 6.43 Å². The van der Waals surface area contributed by atoms with E-state index >= 15 is 4.39 Å². The Bertz CT molecular complexity index is 1160. The van der Waals surface area contributed by atoms with Gasteiger partial charge in [0.2, 0.25) is 17.7 Å². The van der Waals surface area contributed by atoms with Crippen molar-refractivity contribution < 1.29 is 27.2 Å². The van der Waals surface area contributed by atoms with Gasteiger partial charge < -0.3 is 14.2 Å². The summed E-state index contributed by atoms with van der Waals surface area (Å²) in [5, 5.41) is 6.80. The first kappa shape index (κ1) is 23.5. The quantitative estimate of drug-likeness (QED) is 0.524. The highest BCUT2D eigenvalue weighted by atomic mass is 19.3. The van der Waals surface area contributed by atoms with Crippen LogP contribution in [0.25, 0.3) is 11.5 Å². The summed E-state index contributed by atoms with van der Waals surface area (Å²) in [5.74, 6) is -2.13. The van der Waals surface area contributed by atoms with Crippen LogP contribution in [-0.4, -0.2) is 40.0 Å². The number of carbonyl (C=O) groups is 2. The van der Waals surface area contributed by atoms with Gasteiger partial charge in [0.15, 0.2) is 0 Å². The lowest BCUT2D eigenvalue weighted by Crippen LogP contribution is -2.43. The SMILES string of the molecule is CC(=O)N1CCC(C(=O)N(Cc2ccc(-c3nnc(C(F)F)o3)cc2F)c2ccccc2)CC1. The summed E-state index contributed by atoms with van der Waals surface area (Å²) in [4.78, 5) is 28.3. The summed E-state index contributed by atoms with van der Waals surface area (Å²) in [6.45, 7) is 2.49. The Labute approximate surface area is 194 Å². The van der Waals surface area contributed by atoms with Crippen LogP contribution in [0.15, 0.2) is 52.9 Å². The number of nitrogens with zero attached hydrogens (tertiary/aromatic N) is 4. The summed E-state index contributed by atoms with van der Waals surface area (Å²) >= 11 is 0. The van der Waals surface area contributed by atoms with Crippen LogP contribution in [0.5, 0.6) is 0 Å². The molecule has 4 rings (SSSR count). The van der Waals surface area contributed by atoms with Gasteiger partial charge in [-0.15, -0.1) is 10.2 Å². The zero-order valence-electron chi connectivity index (χ0n) is 18.5. The standard InChI is InChI=1S/C24H23F3N4O3/c1-15(32)30-11-9-16(10-12-30)24(33)31(19-5-3-2-4-6-19)14-18-8-7-17(13-20(18)25)22-28-29-23(34-22)21(26)27/h2-8,13,16,21H,9-12,14H2,1H3. The second kappa shape index (κ2) is 10.1. The van der Waals surface area contributed by atoms with Gasteiger partial charge in [-0.2, -0.15) is 8.78 Å². The first-order valence-electron chi connectivity index (χ1n) is 10.9. The van der Waals surface area contributed by atoms with E-state index in [1.54, 1.807) is 29.2 Å². The number of alkyl halides is 2. The molecule has 10 heteroatoms. The van der Waals surface area contributed by atoms with Crippen molar-refractivity contribution in [1.82, 2.24) is 15.1 Å². The normalized spacial score (nSPS) is 14.4. The Balaban J connectivity index is 1.56. The molecule has 3 aromatic rings. The predicted molar refractivity (Wildman–Crippen MR) is 117 cm³/mol. The number of hydrogen-bond acceptors (Lipinski definition) is 5. The molecule has 0 bridgehead atoms. The van der Waals surface area contributed by atoms with E-state index in [1.807, 2.05) is 6.07 Å². The molecule has 1 aliphatic rings. The number of aromatic nitrogens is 2. The van der Waals surface area contributed by atoms with E-state index < -0.39 is 18.1 Å². The maximum absolute atomic E-state index is 15.0. The average Bonchev–Trinajstić information content (AvgIpc) is 3.34. The number of para-hydroxylation sites is 1. The number of likely N-dealkylation sites (tertiary alicyclic amines) is 1. The Morgan fingerprint density at radius 1 is 1.12 bits per heavy atom. The van der Waals surface area contributed by atoms with Gasteiger partial charge in [0, 0.05) is 42.7 Å². The molecule has 2 heterocycles. The molecule has 1 fully saturated rings. The average molecular weight is 472 g/mol. The highest BCUT2D eigenvalue weighted by molar-refractivity contribution is 5.95. The van der Waals surface area contributed by atoms with Crippen molar-refractivity contribution in [3.8, 4) is 11.5 Å². The van der Waals surface area contributed by atoms with Crippen LogP contribution < -0.4 is 4.90 Å². The van der Waals surface area contributed by atoms with Crippen LogP contribution in [0.4, 0.5) is 18.9 Å². The molecule has 7 nitrogen and oxygen atoms in total. The molecule has 2 amide bonds. The van der Waals surface area contributed by atoms with Crippen LogP contribution >= 0.6 is 0 Å². The third kappa shape index (κ3) is 5.11. The molecule has 34 heavy (non-hydrogen) atoms. The molecule has 0 atom stereocenters. The minimum Gasteiger partial charge on any atom is -0.415 e. The van der Waals surface area contributed by atoms with Crippen LogP contribution in [0, 0.1) is 11.7 Å². The van der Waals surface area contributed by atoms with E-state index in [0.717, 1.165) is 6.07 Å². The van der Waals surface area contributed by atoms with Crippen molar-refractivity contribution in [2.75, 3.05) is 18.0 Å². The van der Waals surface area contributed by atoms with E-state index in [4.69, 9.17) is 4.42 Å². The van der Waals surface area contributed by atoms with Crippen LogP contribution in [-0.2, 0) is 16.1 Å². The number of piperidine rings is 1. The number of hydrogen-bond donors (Lipinski definition) is 0. The van der Waals surface area contributed by atoms with E-state index in [2.05, 4.69) is 10.2 Å². The molecule has 178 valence electrons. The molecule has 0 N–H and O–H groups in total. The van der Waals surface area contributed by atoms with Gasteiger partial charge in [-0.3, -0.25) is 9.59 Å². The van der Waals surface area contributed by atoms with Crippen molar-refractivity contribution >= 4 is 17.5 Å². The zero-order valence-corrected chi connectivity index (χ0v) is 18.5. The van der Waals surface area contributed by atoms with Crippen LogP contribution in [0.1, 0.15) is 37.6 Å². The second-order valence-electron chi connectivity index (χ2n) is 8.09. The molecule has 0 aliphatic carbocycles. The van der Waals surface area contributed by atoms with Gasteiger partial charge in [-0.05, 0) is 37.1 Å². The third-order valence-corrected chi connectivity index (χ3v) is 5.88. The molecular formula is C24H23F3N4O3. The summed E-state index contributed by atoms with van der Waals surface area (Å²) in [6, 6.07) is 13.0. The molecule has 1 saturated heterocycles. The van der Waals surface area contributed by atoms with Crippen molar-refractivity contribution in [2.45, 2.75) is 32.7 Å². The fourth-order valence-corrected chi connectivity index (χ4v) is 3.98. The number of carbonyl (C=O) groups excluding carboxylic acids is 2. The van der Waals surface area contributed by atoms with E-state index in [1.165, 1.54) is 24.0 Å². The first-order chi connectivity index (χ1) is 16.3. The van der Waals surface area contributed by atoms with E-state index in [-0.39, 0.29) is 41.3 Å². The van der Waals surface area contributed by atoms with Crippen molar-refractivity contribution in [3.05, 3.63) is 65.8 Å². The predicted octanol–water partition coefficient (Wildman–Crippen LogP) is 4.61. The lowest BCUT2D eigenvalue weighted by Gasteiger charge is -2.34. The maximum atomic E-state index is 15.0. The third-order valence-electron chi connectivity index (χ3n) is 5.88. The lowest BCUT2D eigenvalue weighted by atomic mass is 9.94. The Kier molecular flexibility index (Phi) is 6.95. The monoisotopic (exact) mass is 472 g/mol. The number of amides is 2. The fraction of sp³-hybridized carbons (Fsp3) is 0.333. The summed E-state index contributed by atoms with van der Waals surface area (Å²) in [7, 11) is 0. The highest BCUT2D eigenvalue weighted by Gasteiger charge is 2.30. The fourth-order valence-electron chi connectivity index (χ4n) is 3.98. The Morgan fingerprint density at radius 2 is 1.82 bits per heavy atom. The maximum Gasteiger partial charge on any atom is 0.314 e. The van der Waals surface area contributed by atoms with Crippen molar-refractivity contribution in [2.24, 2.45) is 5.92 Å². The van der Waals surface area contributed by atoms with Gasteiger partial charge in [-0.1, -0.05) is 24.3 Å². The molecular weight excluding hydrogens is 449 g/mol. The number of halogens is 3. The molecule has 0 unspecified atom stereocenters. The van der Waals surface area contributed by atoms with Crippen LogP contribution in [0.3, 0.4) is 0 Å². The van der Waals surface area contributed by atoms with Gasteiger partial charge in [0.05, 0.1) is 6.54 Å². The van der Waals surface area contributed by atoms with Crippen molar-refractivity contribution in [3.63, 3.8) is 0 Å². The van der Waals surface area contributed by atoms with Crippen molar-refractivity contribution in [1.29, 1.82) is 0 Å². The molecule has 1 aromatic heterocycles. The minimum absolute atomic E-state index is 0.0186. The molecule has 0 spiro atoms. The second-order valence-corrected chi connectivity index (χ2v) is 8.09.